The molecular formula is C18H14BrN3O3S. The largest absolute Gasteiger partial charge is 0.322 e. The molecule has 3 rings (SSSR count). The number of anilines is 1. The van der Waals surface area contributed by atoms with Crippen LogP contribution in [0.4, 0.5) is 5.69 Å². The van der Waals surface area contributed by atoms with Crippen LogP contribution < -0.4 is 5.32 Å². The highest BCUT2D eigenvalue weighted by molar-refractivity contribution is 9.10. The second-order valence-corrected chi connectivity index (χ2v) is 8.45. The molecule has 26 heavy (non-hydrogen) atoms. The number of sulfone groups is 1. The minimum atomic E-state index is -3.38. The fourth-order valence-electron chi connectivity index (χ4n) is 2.20. The van der Waals surface area contributed by atoms with Gasteiger partial charge < -0.3 is 5.32 Å². The van der Waals surface area contributed by atoms with Crippen molar-refractivity contribution >= 4 is 37.4 Å². The fraction of sp³-hybridized carbons (Fsp3) is 0.0556. The lowest BCUT2D eigenvalue weighted by molar-refractivity contribution is 0.102. The Labute approximate surface area is 159 Å². The molecule has 1 N–H and O–H groups in total. The van der Waals surface area contributed by atoms with E-state index < -0.39 is 9.84 Å². The number of carbonyl (C=O) groups is 1. The third-order valence-electron chi connectivity index (χ3n) is 3.56. The molecule has 0 saturated heterocycles. The number of benzene rings is 2. The van der Waals surface area contributed by atoms with Gasteiger partial charge in [0.05, 0.1) is 5.69 Å². The molecule has 8 heteroatoms. The Hall–Kier alpha value is -2.58. The molecule has 0 unspecified atom stereocenters. The van der Waals surface area contributed by atoms with E-state index in [2.05, 4.69) is 31.4 Å². The Morgan fingerprint density at radius 3 is 2.12 bits per heavy atom. The van der Waals surface area contributed by atoms with Crippen molar-refractivity contribution in [1.29, 1.82) is 0 Å². The van der Waals surface area contributed by atoms with Gasteiger partial charge in [0.25, 0.3) is 5.91 Å². The molecule has 132 valence electrons. The lowest BCUT2D eigenvalue weighted by Gasteiger charge is -2.07. The van der Waals surface area contributed by atoms with Crippen LogP contribution in [0.25, 0.3) is 11.3 Å². The zero-order valence-corrected chi connectivity index (χ0v) is 16.1. The number of aromatic nitrogens is 2. The van der Waals surface area contributed by atoms with Crippen molar-refractivity contribution in [3.05, 3.63) is 70.7 Å². The van der Waals surface area contributed by atoms with Gasteiger partial charge in [0.15, 0.2) is 14.9 Å². The van der Waals surface area contributed by atoms with E-state index in [-0.39, 0.29) is 10.9 Å². The predicted octanol–water partition coefficient (Wildman–Crippen LogP) is 3.56. The second-order valence-electron chi connectivity index (χ2n) is 5.57. The first-order valence-corrected chi connectivity index (χ1v) is 10.2. The van der Waals surface area contributed by atoms with Crippen LogP contribution in [0.3, 0.4) is 0 Å². The molecule has 0 bridgehead atoms. The first-order valence-electron chi connectivity index (χ1n) is 7.54. The summed E-state index contributed by atoms with van der Waals surface area (Å²) in [5, 5.41) is 10.4. The van der Waals surface area contributed by atoms with Crippen LogP contribution in [0.2, 0.25) is 0 Å². The minimum absolute atomic E-state index is 0.0698. The van der Waals surface area contributed by atoms with E-state index in [4.69, 9.17) is 0 Å². The molecule has 0 aliphatic carbocycles. The maximum atomic E-state index is 12.2. The molecule has 2 aromatic carbocycles. The number of rotatable bonds is 4. The highest BCUT2D eigenvalue weighted by atomic mass is 79.9. The summed E-state index contributed by atoms with van der Waals surface area (Å²) in [7, 11) is -3.38. The molecule has 0 spiro atoms. The highest BCUT2D eigenvalue weighted by Gasteiger charge is 2.10. The Kier molecular flexibility index (Phi) is 5.15. The van der Waals surface area contributed by atoms with Crippen molar-refractivity contribution in [2.45, 2.75) is 5.03 Å². The maximum Gasteiger partial charge on any atom is 0.255 e. The molecule has 0 atom stereocenters. The minimum Gasteiger partial charge on any atom is -0.322 e. The van der Waals surface area contributed by atoms with E-state index in [1.165, 1.54) is 6.07 Å². The molecule has 1 heterocycles. The standard InChI is InChI=1S/C18H14BrN3O3S/c1-26(24,25)17-11-10-16(21-22-17)12-4-8-15(9-5-12)20-18(23)13-2-6-14(19)7-3-13/h2-11H,1H3,(H,20,23). The quantitative estimate of drug-likeness (QED) is 0.681. The number of hydrogen-bond donors (Lipinski definition) is 1. The van der Waals surface area contributed by atoms with E-state index in [1.807, 2.05) is 0 Å². The van der Waals surface area contributed by atoms with Gasteiger partial charge in [0.2, 0.25) is 0 Å². The molecule has 1 amide bonds. The zero-order valence-electron chi connectivity index (χ0n) is 13.7. The Morgan fingerprint density at radius 2 is 1.58 bits per heavy atom. The van der Waals surface area contributed by atoms with Crippen LogP contribution in [0.15, 0.2) is 70.2 Å². The molecular weight excluding hydrogens is 418 g/mol. The SMILES string of the molecule is CS(=O)(=O)c1ccc(-c2ccc(NC(=O)c3ccc(Br)cc3)cc2)nn1. The van der Waals surface area contributed by atoms with Crippen molar-refractivity contribution in [1.82, 2.24) is 10.2 Å². The summed E-state index contributed by atoms with van der Waals surface area (Å²) in [6, 6.07) is 17.1. The van der Waals surface area contributed by atoms with Gasteiger partial charge in [-0.05, 0) is 48.5 Å². The zero-order chi connectivity index (χ0) is 18.7. The molecule has 0 saturated carbocycles. The van der Waals surface area contributed by atoms with Gasteiger partial charge in [0, 0.05) is 27.5 Å². The fourth-order valence-corrected chi connectivity index (χ4v) is 2.97. The van der Waals surface area contributed by atoms with Crippen LogP contribution in [0.5, 0.6) is 0 Å². The smallest absolute Gasteiger partial charge is 0.255 e. The monoisotopic (exact) mass is 431 g/mol. The van der Waals surface area contributed by atoms with Gasteiger partial charge in [-0.1, -0.05) is 28.1 Å². The van der Waals surface area contributed by atoms with Gasteiger partial charge in [-0.15, -0.1) is 10.2 Å². The first kappa shape index (κ1) is 18.2. The van der Waals surface area contributed by atoms with Crippen LogP contribution in [0.1, 0.15) is 10.4 Å². The average molecular weight is 432 g/mol. The van der Waals surface area contributed by atoms with E-state index in [1.54, 1.807) is 54.6 Å². The average Bonchev–Trinajstić information content (AvgIpc) is 2.62. The van der Waals surface area contributed by atoms with Gasteiger partial charge in [-0.3, -0.25) is 4.79 Å². The summed E-state index contributed by atoms with van der Waals surface area (Å²) in [4.78, 5) is 12.2. The third-order valence-corrected chi connectivity index (χ3v) is 5.07. The summed E-state index contributed by atoms with van der Waals surface area (Å²) in [6.45, 7) is 0. The first-order chi connectivity index (χ1) is 12.3. The Balaban J connectivity index is 1.74. The Bertz CT molecular complexity index is 1030. The van der Waals surface area contributed by atoms with E-state index in [0.717, 1.165) is 16.3 Å². The number of nitrogens with zero attached hydrogens (tertiary/aromatic N) is 2. The normalized spacial score (nSPS) is 11.2. The van der Waals surface area contributed by atoms with Crippen LogP contribution in [0, 0.1) is 0 Å². The van der Waals surface area contributed by atoms with Gasteiger partial charge in [-0.25, -0.2) is 8.42 Å². The lowest BCUT2D eigenvalue weighted by Crippen LogP contribution is -2.11. The summed E-state index contributed by atoms with van der Waals surface area (Å²) >= 11 is 3.33. The van der Waals surface area contributed by atoms with Crippen molar-refractivity contribution in [3.63, 3.8) is 0 Å². The number of amides is 1. The van der Waals surface area contributed by atoms with Crippen LogP contribution in [-0.2, 0) is 9.84 Å². The van der Waals surface area contributed by atoms with E-state index >= 15 is 0 Å². The van der Waals surface area contributed by atoms with Crippen molar-refractivity contribution < 1.29 is 13.2 Å². The van der Waals surface area contributed by atoms with E-state index in [9.17, 15) is 13.2 Å². The summed E-state index contributed by atoms with van der Waals surface area (Å²) < 4.78 is 23.7. The molecule has 0 aliphatic rings. The summed E-state index contributed by atoms with van der Waals surface area (Å²) in [6.07, 6.45) is 1.08. The second kappa shape index (κ2) is 7.35. The van der Waals surface area contributed by atoms with Gasteiger partial charge in [-0.2, -0.15) is 0 Å². The number of halogens is 1. The molecule has 3 aromatic rings. The molecule has 0 radical (unpaired) electrons. The third kappa shape index (κ3) is 4.33. The molecule has 6 nitrogen and oxygen atoms in total. The number of carbonyl (C=O) groups excluding carboxylic acids is 1. The molecule has 1 aromatic heterocycles. The lowest BCUT2D eigenvalue weighted by atomic mass is 10.1. The van der Waals surface area contributed by atoms with Crippen molar-refractivity contribution in [2.75, 3.05) is 11.6 Å². The molecule has 0 aliphatic heterocycles. The highest BCUT2D eigenvalue weighted by Crippen LogP contribution is 2.20. The Morgan fingerprint density at radius 1 is 0.923 bits per heavy atom. The topological polar surface area (TPSA) is 89.0 Å². The number of hydrogen-bond acceptors (Lipinski definition) is 5. The predicted molar refractivity (Wildman–Crippen MR) is 103 cm³/mol. The van der Waals surface area contributed by atoms with Crippen LogP contribution in [-0.4, -0.2) is 30.8 Å². The summed E-state index contributed by atoms with van der Waals surface area (Å²) in [5.74, 6) is -0.206. The number of nitrogens with one attached hydrogen (secondary N) is 1. The summed E-state index contributed by atoms with van der Waals surface area (Å²) in [5.41, 5.74) is 2.50. The van der Waals surface area contributed by atoms with E-state index in [0.29, 0.717) is 16.9 Å². The van der Waals surface area contributed by atoms with Crippen molar-refractivity contribution in [3.8, 4) is 11.3 Å². The maximum absolute atomic E-state index is 12.2. The van der Waals surface area contributed by atoms with Crippen molar-refractivity contribution in [2.24, 2.45) is 0 Å². The molecule has 0 fully saturated rings. The van der Waals surface area contributed by atoms with Gasteiger partial charge in [0.1, 0.15) is 0 Å². The van der Waals surface area contributed by atoms with Crippen LogP contribution >= 0.6 is 15.9 Å². The van der Waals surface area contributed by atoms with Gasteiger partial charge >= 0.3 is 0 Å².